The van der Waals surface area contributed by atoms with Crippen molar-refractivity contribution < 1.29 is 4.79 Å². The van der Waals surface area contributed by atoms with Crippen LogP contribution in [0.1, 0.15) is 18.5 Å². The molecule has 1 atom stereocenters. The van der Waals surface area contributed by atoms with Gasteiger partial charge in [0.15, 0.2) is 0 Å². The van der Waals surface area contributed by atoms with Crippen LogP contribution in [0, 0.1) is 0 Å². The van der Waals surface area contributed by atoms with Crippen molar-refractivity contribution in [2.75, 3.05) is 11.1 Å². The highest BCUT2D eigenvalue weighted by atomic mass is 35.5. The van der Waals surface area contributed by atoms with Gasteiger partial charge in [0, 0.05) is 5.02 Å². The molecule has 0 saturated heterocycles. The average Bonchev–Trinajstić information content (AvgIpc) is 2.43. The molecule has 2 aromatic carbocycles. The zero-order valence-electron chi connectivity index (χ0n) is 11.1. The Morgan fingerprint density at radius 3 is 2.55 bits per heavy atom. The molecule has 2 amide bonds. The van der Waals surface area contributed by atoms with Gasteiger partial charge in [-0.05, 0) is 30.7 Å². The summed E-state index contributed by atoms with van der Waals surface area (Å²) in [7, 11) is 0. The maximum absolute atomic E-state index is 11.9. The molecule has 4 N–H and O–H groups in total. The molecular formula is C15H16ClN3O. The van der Waals surface area contributed by atoms with E-state index in [0.29, 0.717) is 16.4 Å². The lowest BCUT2D eigenvalue weighted by Crippen LogP contribution is -2.31. The third-order valence-corrected chi connectivity index (χ3v) is 3.14. The molecular weight excluding hydrogens is 274 g/mol. The second kappa shape index (κ2) is 6.30. The number of carbonyl (C=O) groups is 1. The fraction of sp³-hybridized carbons (Fsp3) is 0.133. The van der Waals surface area contributed by atoms with E-state index in [-0.39, 0.29) is 12.1 Å². The molecule has 5 heteroatoms. The highest BCUT2D eigenvalue weighted by Crippen LogP contribution is 2.22. The van der Waals surface area contributed by atoms with Crippen molar-refractivity contribution >= 4 is 29.0 Å². The second-order valence-electron chi connectivity index (χ2n) is 4.46. The van der Waals surface area contributed by atoms with Crippen LogP contribution in [0.4, 0.5) is 16.2 Å². The lowest BCUT2D eigenvalue weighted by molar-refractivity contribution is 0.249. The molecule has 0 heterocycles. The lowest BCUT2D eigenvalue weighted by Gasteiger charge is -2.15. The molecule has 104 valence electrons. The Hall–Kier alpha value is -2.20. The molecule has 4 nitrogen and oxygen atoms in total. The Kier molecular flexibility index (Phi) is 4.48. The molecule has 0 aliphatic heterocycles. The van der Waals surface area contributed by atoms with Gasteiger partial charge in [0.25, 0.3) is 0 Å². The van der Waals surface area contributed by atoms with Gasteiger partial charge in [-0.1, -0.05) is 41.9 Å². The van der Waals surface area contributed by atoms with E-state index in [4.69, 9.17) is 17.3 Å². The molecule has 0 bridgehead atoms. The summed E-state index contributed by atoms with van der Waals surface area (Å²) in [5.41, 5.74) is 7.78. The number of amides is 2. The van der Waals surface area contributed by atoms with E-state index in [0.717, 1.165) is 5.56 Å². The smallest absolute Gasteiger partial charge is 0.319 e. The van der Waals surface area contributed by atoms with Crippen molar-refractivity contribution in [2.24, 2.45) is 0 Å². The molecule has 0 radical (unpaired) electrons. The van der Waals surface area contributed by atoms with Gasteiger partial charge in [-0.3, -0.25) is 0 Å². The van der Waals surface area contributed by atoms with Crippen LogP contribution in [-0.2, 0) is 0 Å². The van der Waals surface area contributed by atoms with E-state index in [9.17, 15) is 4.79 Å². The summed E-state index contributed by atoms with van der Waals surface area (Å²) in [6.45, 7) is 1.92. The molecule has 20 heavy (non-hydrogen) atoms. The van der Waals surface area contributed by atoms with Crippen LogP contribution in [0.2, 0.25) is 5.02 Å². The third kappa shape index (κ3) is 3.65. The maximum Gasteiger partial charge on any atom is 0.319 e. The van der Waals surface area contributed by atoms with Gasteiger partial charge in [0.05, 0.1) is 17.4 Å². The van der Waals surface area contributed by atoms with Crippen LogP contribution in [-0.4, -0.2) is 6.03 Å². The van der Waals surface area contributed by atoms with Gasteiger partial charge in [-0.2, -0.15) is 0 Å². The molecule has 0 saturated carbocycles. The maximum atomic E-state index is 11.9. The predicted octanol–water partition coefficient (Wildman–Crippen LogP) is 3.80. The zero-order valence-corrected chi connectivity index (χ0v) is 11.8. The SMILES string of the molecule is C[C@H](NC(=O)Nc1ccc(Cl)cc1N)c1ccccc1. The highest BCUT2D eigenvalue weighted by molar-refractivity contribution is 6.31. The van der Waals surface area contributed by atoms with Crippen LogP contribution in [0.25, 0.3) is 0 Å². The number of hydrogen-bond acceptors (Lipinski definition) is 2. The molecule has 0 aliphatic rings. The third-order valence-electron chi connectivity index (χ3n) is 2.91. The van der Waals surface area contributed by atoms with Crippen molar-refractivity contribution in [1.29, 1.82) is 0 Å². The first-order valence-electron chi connectivity index (χ1n) is 6.24. The van der Waals surface area contributed by atoms with Crippen molar-refractivity contribution in [3.05, 3.63) is 59.1 Å². The molecule has 0 aliphatic carbocycles. The Balaban J connectivity index is 1.99. The van der Waals surface area contributed by atoms with Gasteiger partial charge >= 0.3 is 6.03 Å². The lowest BCUT2D eigenvalue weighted by atomic mass is 10.1. The zero-order chi connectivity index (χ0) is 14.5. The van der Waals surface area contributed by atoms with E-state index in [2.05, 4.69) is 10.6 Å². The quantitative estimate of drug-likeness (QED) is 0.752. The second-order valence-corrected chi connectivity index (χ2v) is 4.90. The number of rotatable bonds is 3. The average molecular weight is 290 g/mol. The van der Waals surface area contributed by atoms with Crippen LogP contribution in [0.15, 0.2) is 48.5 Å². The predicted molar refractivity (Wildman–Crippen MR) is 82.9 cm³/mol. The van der Waals surface area contributed by atoms with E-state index in [1.165, 1.54) is 0 Å². The summed E-state index contributed by atoms with van der Waals surface area (Å²) >= 11 is 5.81. The first-order chi connectivity index (χ1) is 9.56. The van der Waals surface area contributed by atoms with Gasteiger partial charge in [0.2, 0.25) is 0 Å². The van der Waals surface area contributed by atoms with Gasteiger partial charge in [-0.15, -0.1) is 0 Å². The Morgan fingerprint density at radius 2 is 1.90 bits per heavy atom. The summed E-state index contributed by atoms with van der Waals surface area (Å²) in [5, 5.41) is 6.09. The van der Waals surface area contributed by atoms with Crippen LogP contribution < -0.4 is 16.4 Å². The normalized spacial score (nSPS) is 11.7. The first-order valence-corrected chi connectivity index (χ1v) is 6.61. The largest absolute Gasteiger partial charge is 0.397 e. The number of nitrogens with two attached hydrogens (primary N) is 1. The number of carbonyl (C=O) groups excluding carboxylic acids is 1. The molecule has 2 rings (SSSR count). The monoisotopic (exact) mass is 289 g/mol. The summed E-state index contributed by atoms with van der Waals surface area (Å²) in [5.74, 6) is 0. The summed E-state index contributed by atoms with van der Waals surface area (Å²) in [6, 6.07) is 14.3. The van der Waals surface area contributed by atoms with Crippen molar-refractivity contribution in [3.63, 3.8) is 0 Å². The number of nitrogen functional groups attached to an aromatic ring is 1. The van der Waals surface area contributed by atoms with Crippen molar-refractivity contribution in [2.45, 2.75) is 13.0 Å². The molecule has 0 spiro atoms. The van der Waals surface area contributed by atoms with E-state index in [1.54, 1.807) is 18.2 Å². The standard InChI is InChI=1S/C15H16ClN3O/c1-10(11-5-3-2-4-6-11)18-15(20)19-14-8-7-12(16)9-13(14)17/h2-10H,17H2,1H3,(H2,18,19,20)/t10-/m0/s1. The van der Waals surface area contributed by atoms with E-state index in [1.807, 2.05) is 37.3 Å². The number of urea groups is 1. The molecule has 0 fully saturated rings. The first kappa shape index (κ1) is 14.2. The van der Waals surface area contributed by atoms with Crippen LogP contribution in [0.5, 0.6) is 0 Å². The van der Waals surface area contributed by atoms with Gasteiger partial charge in [-0.25, -0.2) is 4.79 Å². The van der Waals surface area contributed by atoms with Crippen LogP contribution >= 0.6 is 11.6 Å². The van der Waals surface area contributed by atoms with Gasteiger partial charge in [0.1, 0.15) is 0 Å². The van der Waals surface area contributed by atoms with E-state index < -0.39 is 0 Å². The fourth-order valence-corrected chi connectivity index (χ4v) is 2.01. The number of benzene rings is 2. The highest BCUT2D eigenvalue weighted by Gasteiger charge is 2.10. The minimum Gasteiger partial charge on any atom is -0.397 e. The number of nitrogens with one attached hydrogen (secondary N) is 2. The topological polar surface area (TPSA) is 67.2 Å². The van der Waals surface area contributed by atoms with Crippen LogP contribution in [0.3, 0.4) is 0 Å². The minimum atomic E-state index is -0.310. The van der Waals surface area contributed by atoms with Crippen molar-refractivity contribution in [3.8, 4) is 0 Å². The van der Waals surface area contributed by atoms with Gasteiger partial charge < -0.3 is 16.4 Å². The number of anilines is 2. The Bertz CT molecular complexity index is 601. The Labute approximate surface area is 122 Å². The summed E-state index contributed by atoms with van der Waals surface area (Å²) in [4.78, 5) is 11.9. The minimum absolute atomic E-state index is 0.0928. The molecule has 0 aromatic heterocycles. The number of hydrogen-bond donors (Lipinski definition) is 3. The fourth-order valence-electron chi connectivity index (χ4n) is 1.83. The number of halogens is 1. The van der Waals surface area contributed by atoms with Crippen molar-refractivity contribution in [1.82, 2.24) is 5.32 Å². The summed E-state index contributed by atoms with van der Waals surface area (Å²) < 4.78 is 0. The molecule has 0 unspecified atom stereocenters. The van der Waals surface area contributed by atoms with E-state index >= 15 is 0 Å². The molecule has 2 aromatic rings. The Morgan fingerprint density at radius 1 is 1.20 bits per heavy atom. The summed E-state index contributed by atoms with van der Waals surface area (Å²) in [6.07, 6.45) is 0.